The lowest BCUT2D eigenvalue weighted by atomic mass is 10.1. The highest BCUT2D eigenvalue weighted by Gasteiger charge is 2.53. The van der Waals surface area contributed by atoms with Crippen molar-refractivity contribution in [1.29, 1.82) is 0 Å². The van der Waals surface area contributed by atoms with E-state index in [9.17, 15) is 127 Å². The zero-order chi connectivity index (χ0) is 82.7. The van der Waals surface area contributed by atoms with E-state index in [1.807, 2.05) is 0 Å². The van der Waals surface area contributed by atoms with E-state index in [1.165, 1.54) is 41.5 Å². The number of fused-ring (bicyclic) bond motifs is 4. The van der Waals surface area contributed by atoms with Gasteiger partial charge >= 0.3 is 69.5 Å². The van der Waals surface area contributed by atoms with Gasteiger partial charge in [0.1, 0.15) is 85.5 Å². The summed E-state index contributed by atoms with van der Waals surface area (Å²) in [6.07, 6.45) is -24.6. The second kappa shape index (κ2) is 34.8. The fourth-order valence-corrected chi connectivity index (χ4v) is 15.6. The maximum Gasteiger partial charge on any atom is 0.472 e. The number of H-pyrrole nitrogens is 7. The molecule has 0 radical (unpaired) electrons. The van der Waals surface area contributed by atoms with Crippen LogP contribution in [0.1, 0.15) is 32.3 Å². The van der Waals surface area contributed by atoms with Crippen molar-refractivity contribution in [2.45, 2.75) is 118 Å². The molecule has 4 aliphatic heterocycles. The number of hydrogen-bond donors (Lipinski definition) is 27. The number of phosphoric acid groups is 6. The summed E-state index contributed by atoms with van der Waals surface area (Å²) < 4.78 is 149. The average molecular weight is 1760 g/mol. The van der Waals surface area contributed by atoms with Crippen molar-refractivity contribution < 1.29 is 190 Å². The molecule has 12 rings (SSSR count). The second-order valence-electron chi connectivity index (χ2n) is 24.6. The third kappa shape index (κ3) is 20.6. The van der Waals surface area contributed by atoms with Gasteiger partial charge in [0.2, 0.25) is 47.0 Å². The van der Waals surface area contributed by atoms with Crippen LogP contribution >= 0.6 is 46.9 Å². The Balaban J connectivity index is 0.000000239. The molecule has 0 aliphatic carbocycles. The summed E-state index contributed by atoms with van der Waals surface area (Å²) in [6, 6.07) is 0. The second-order valence-corrected chi connectivity index (χ2v) is 32.8. The number of aliphatic hydroxyl groups excluding tert-OH is 8. The van der Waals surface area contributed by atoms with Gasteiger partial charge in [-0.1, -0.05) is 27.4 Å². The van der Waals surface area contributed by atoms with Gasteiger partial charge in [-0.25, -0.2) is 45.7 Å². The van der Waals surface area contributed by atoms with E-state index >= 15 is 0 Å². The lowest BCUT2D eigenvalue weighted by Crippen LogP contribution is -2.46. The molecule has 0 saturated carbocycles. The van der Waals surface area contributed by atoms with Crippen LogP contribution in [0.15, 0.2) is 44.5 Å². The molecule has 114 heavy (non-hydrogen) atoms. The molecule has 8 aromatic rings. The first-order valence-corrected chi connectivity index (χ1v) is 40.8. The van der Waals surface area contributed by atoms with E-state index in [2.05, 4.69) is 63.9 Å². The summed E-state index contributed by atoms with van der Waals surface area (Å²) in [5.74, 6) is -1.09. The van der Waals surface area contributed by atoms with Crippen LogP contribution in [-0.4, -0.2) is 278 Å². The van der Waals surface area contributed by atoms with Crippen molar-refractivity contribution >= 4 is 115 Å². The number of aromatic amines is 7. The number of phosphoric ester groups is 6. The maximum absolute atomic E-state index is 12.7. The van der Waals surface area contributed by atoms with Gasteiger partial charge in [-0.3, -0.25) is 104 Å². The number of nitrogens with zero attached hydrogens (tertiary/aromatic N) is 9. The van der Waals surface area contributed by atoms with Crippen molar-refractivity contribution in [3.63, 3.8) is 0 Å². The molecule has 0 aromatic carbocycles. The summed E-state index contributed by atoms with van der Waals surface area (Å²) in [4.78, 5) is 160. The Morgan fingerprint density at radius 3 is 0.912 bits per heavy atom. The molecular formula is C48H76N20O40P6+4. The van der Waals surface area contributed by atoms with Crippen LogP contribution in [0.4, 0.5) is 23.8 Å². The third-order valence-corrected chi connectivity index (χ3v) is 21.6. The Morgan fingerprint density at radius 2 is 0.649 bits per heavy atom. The lowest BCUT2D eigenvalue weighted by Gasteiger charge is -2.22. The summed E-state index contributed by atoms with van der Waals surface area (Å²) in [5, 5.41) is 84.5. The van der Waals surface area contributed by atoms with Gasteiger partial charge in [0, 0.05) is 0 Å². The number of rotatable bonds is 32. The van der Waals surface area contributed by atoms with Crippen LogP contribution in [0.2, 0.25) is 0 Å². The minimum Gasteiger partial charge on any atom is -0.387 e. The van der Waals surface area contributed by atoms with Gasteiger partial charge in [-0.05, 0) is 0 Å². The molecule has 0 spiro atoms. The molecule has 31 N–H and O–H groups in total. The van der Waals surface area contributed by atoms with Crippen LogP contribution in [0.3, 0.4) is 0 Å². The van der Waals surface area contributed by atoms with Gasteiger partial charge in [-0.15, -0.1) is 0 Å². The van der Waals surface area contributed by atoms with Gasteiger partial charge < -0.3 is 122 Å². The van der Waals surface area contributed by atoms with Crippen molar-refractivity contribution in [3.8, 4) is 0 Å². The number of nitrogens with one attached hydrogen (secondary N) is 7. The number of imidazole rings is 4. The number of nitrogens with two attached hydrogens (primary N) is 4. The highest BCUT2D eigenvalue weighted by atomic mass is 31.2. The number of hydrogen-bond acceptors (Lipinski definition) is 40. The van der Waals surface area contributed by atoms with E-state index < -0.39 is 232 Å². The fraction of sp³-hybridized carbons (Fsp3) is 0.583. The average Bonchev–Trinajstić information content (AvgIpc) is 1.65. The monoisotopic (exact) mass is 1760 g/mol. The molecule has 4 aliphatic rings. The Morgan fingerprint density at radius 1 is 0.404 bits per heavy atom. The lowest BCUT2D eigenvalue weighted by molar-refractivity contribution is -0.746. The summed E-state index contributed by atoms with van der Waals surface area (Å²) in [7, 11) is -30.2. The third-order valence-electron chi connectivity index (χ3n) is 16.6. The normalized spacial score (nSPS) is 28.1. The van der Waals surface area contributed by atoms with Crippen LogP contribution in [0, 0.1) is 0 Å². The van der Waals surface area contributed by atoms with E-state index in [0.29, 0.717) is 0 Å². The molecule has 8 aromatic heterocycles. The van der Waals surface area contributed by atoms with Gasteiger partial charge in [0.25, 0.3) is 46.0 Å². The largest absolute Gasteiger partial charge is 0.472 e. The zero-order valence-electron chi connectivity index (χ0n) is 56.8. The fourth-order valence-electron chi connectivity index (χ4n) is 11.5. The Labute approximate surface area is 630 Å². The first kappa shape index (κ1) is 89.1. The minimum absolute atomic E-state index is 0. The van der Waals surface area contributed by atoms with Crippen LogP contribution in [0.5, 0.6) is 0 Å². The van der Waals surface area contributed by atoms with Gasteiger partial charge in [0.15, 0.2) is 25.3 Å². The highest BCUT2D eigenvalue weighted by Crippen LogP contribution is 2.51. The Kier molecular flexibility index (Phi) is 27.2. The van der Waals surface area contributed by atoms with Crippen LogP contribution in [0.25, 0.3) is 44.7 Å². The zero-order valence-corrected chi connectivity index (χ0v) is 62.2. The summed E-state index contributed by atoms with van der Waals surface area (Å²) >= 11 is 0. The molecular weight excluding hydrogens is 1680 g/mol. The number of nitrogen functional groups attached to an aromatic ring is 4. The van der Waals surface area contributed by atoms with Gasteiger partial charge in [-0.2, -0.15) is 0 Å². The van der Waals surface area contributed by atoms with Crippen molar-refractivity contribution in [2.24, 2.45) is 7.05 Å². The van der Waals surface area contributed by atoms with Gasteiger partial charge in [0.05, 0.1) is 59.9 Å². The van der Waals surface area contributed by atoms with Crippen molar-refractivity contribution in [2.75, 3.05) is 75.8 Å². The first-order valence-electron chi connectivity index (χ1n) is 31.8. The SMILES string of the molecule is C.Cn1c[n+](C2O[C@H](COP(=O)(O)OCC(COP(=O)(O)OC[C@H]3OC([n+]4c[nH]c5c(=O)[nH]c(N)nc54)[C@H](O)[C@@H]3O)OP(=O)(O)O)[C@@H](O)[C@H]2O)c2nc(N)[nH]c(=O)c21.Nc1nc2c([nH]c[n+]2C2O[C@H](COP(=O)(O)OCC(COP(=O)(O)OC[C@H]3OC([n+]4c[nH]c5c(=O)[nH]c(N)nc54)[C@H](O)[C@@H]3O)OP(=O)(O)O)[C@@H](O)[C@H]2O)c(=O)[nH]1. The van der Waals surface area contributed by atoms with E-state index in [1.54, 1.807) is 0 Å². The molecule has 4 saturated heterocycles. The number of anilines is 4. The van der Waals surface area contributed by atoms with Crippen molar-refractivity contribution in [1.82, 2.24) is 59.4 Å². The molecule has 0 amide bonds. The first-order chi connectivity index (χ1) is 52.7. The quantitative estimate of drug-likeness (QED) is 0.0137. The smallest absolute Gasteiger partial charge is 0.387 e. The van der Waals surface area contributed by atoms with E-state index in [4.69, 9.17) is 78.1 Å². The molecule has 634 valence electrons. The summed E-state index contributed by atoms with van der Waals surface area (Å²) in [5.41, 5.74) is 19.4. The number of aryl methyl sites for hydroxylation is 1. The number of aromatic nitrogens is 16. The van der Waals surface area contributed by atoms with E-state index in [0.717, 1.165) is 13.7 Å². The molecule has 0 bridgehead atoms. The Hall–Kier alpha value is -7.22. The maximum atomic E-state index is 12.7. The molecule has 60 nitrogen and oxygen atoms in total. The van der Waals surface area contributed by atoms with Crippen LogP contribution in [-0.2, 0) is 98.6 Å². The summed E-state index contributed by atoms with van der Waals surface area (Å²) in [6.45, 7) is -8.60. The predicted molar refractivity (Wildman–Crippen MR) is 361 cm³/mol. The minimum atomic E-state index is -5.42. The standard InChI is InChI=1S/C24H35N10O20P3.C23H33N10O20P3.CH4/c1-32-7-34(18-12(32)20(40)31-24(26)29-18)22-16(38)14(36)10(53-22)5-51-57(46,47)49-3-8(54-55(41,42)43)2-48-56(44,45)50-4-9-13(35)15(37)21(52-9)33-6-27-11-17(33)28-23(25)30-19(11)39;24-22-28-16-10(18(38)30-22)26-5-32(16)20-14(36)12(34)8(51-20)3-49-55(43,44)47-1-7(53-54(40,41)42)2-48-56(45,46)50-4-9-13(35)15(37)21(52-9)33-6-27-11-17(33)29-23(25)31-19(11)39;/h6-10,13-16,21-22,35-38H,2-5H2,1H3,(H9-,25,26,28,29,30,31,39,40,41,42,43,44,45,46,47);5-9,12-15,20-21,34-37H,1-4H2,(H10,24,25,28,29,30,31,38,39,40,41,42,43,44,45,46);1H4/p+4/t8?,9-,10-,13-,14-,15-,16-,21?,22?;7?,8-,9-,12-,13-,14-,15-,20?,21?;/m11./s1. The topological polar surface area (TPSA) is 910 Å². The van der Waals surface area contributed by atoms with E-state index in [-0.39, 0.29) is 75.9 Å². The Bertz CT molecular complexity index is 5220. The van der Waals surface area contributed by atoms with Crippen LogP contribution < -0.4 is 63.4 Å². The van der Waals surface area contributed by atoms with Crippen molar-refractivity contribution in [3.05, 3.63) is 66.7 Å². The number of aliphatic hydroxyl groups is 8. The highest BCUT2D eigenvalue weighted by molar-refractivity contribution is 7.48. The molecule has 9 unspecified atom stereocenters. The predicted octanol–water partition coefficient (Wildman–Crippen LogP) is -10.9. The number of ether oxygens (including phenoxy) is 4. The molecule has 66 heteroatoms. The molecule has 12 heterocycles. The molecule has 4 fully saturated rings. The molecule has 21 atom stereocenters.